The van der Waals surface area contributed by atoms with E-state index in [4.69, 9.17) is 9.47 Å². The highest BCUT2D eigenvalue weighted by Crippen LogP contribution is 2.45. The van der Waals surface area contributed by atoms with Crippen LogP contribution in [0.1, 0.15) is 13.8 Å². The molecule has 0 amide bonds. The van der Waals surface area contributed by atoms with Crippen LogP contribution in [0.25, 0.3) is 0 Å². The Balaban J connectivity index is 2.08. The minimum Gasteiger partial charge on any atom is -0.452 e. The molecular formula is C25H23O3P. The highest BCUT2D eigenvalue weighted by molar-refractivity contribution is 7.94. The van der Waals surface area contributed by atoms with Crippen molar-refractivity contribution in [2.75, 3.05) is 0 Å². The van der Waals surface area contributed by atoms with Crippen LogP contribution in [0, 0.1) is 0 Å². The summed E-state index contributed by atoms with van der Waals surface area (Å²) in [6.07, 6.45) is 1.44. The maximum atomic E-state index is 12.2. The molecule has 0 aliphatic carbocycles. The summed E-state index contributed by atoms with van der Waals surface area (Å²) in [6.45, 7) is 1.27. The lowest BCUT2D eigenvalue weighted by molar-refractivity contribution is -0.201. The van der Waals surface area contributed by atoms with E-state index in [1.807, 2.05) is 18.2 Å². The summed E-state index contributed by atoms with van der Waals surface area (Å²) in [5, 5.41) is 3.58. The fourth-order valence-corrected chi connectivity index (χ4v) is 7.41. The van der Waals surface area contributed by atoms with Gasteiger partial charge in [0, 0.05) is 13.8 Å². The van der Waals surface area contributed by atoms with Crippen molar-refractivity contribution in [3.8, 4) is 0 Å². The molecule has 0 spiro atoms. The van der Waals surface area contributed by atoms with Gasteiger partial charge in [-0.05, 0) is 28.6 Å². The minimum absolute atomic E-state index is 0.389. The van der Waals surface area contributed by atoms with Crippen LogP contribution in [-0.2, 0) is 14.3 Å². The Labute approximate surface area is 171 Å². The maximum Gasteiger partial charge on any atom is 0.337 e. The van der Waals surface area contributed by atoms with Crippen molar-refractivity contribution in [3.63, 3.8) is 0 Å². The third-order valence-corrected chi connectivity index (χ3v) is 8.76. The smallest absolute Gasteiger partial charge is 0.337 e. The van der Waals surface area contributed by atoms with Crippen LogP contribution in [0.5, 0.6) is 0 Å². The fraction of sp³-hybridized carbons (Fsp3) is 0.120. The van der Waals surface area contributed by atoms with Crippen molar-refractivity contribution < 1.29 is 14.3 Å². The first-order valence-corrected chi connectivity index (χ1v) is 11.4. The van der Waals surface area contributed by atoms with Gasteiger partial charge in [0.05, 0.1) is 6.08 Å². The second-order valence-corrected chi connectivity index (χ2v) is 10.6. The van der Waals surface area contributed by atoms with E-state index in [1.165, 1.54) is 22.0 Å². The van der Waals surface area contributed by atoms with Gasteiger partial charge >= 0.3 is 5.97 Å². The van der Waals surface area contributed by atoms with Gasteiger partial charge in [0.15, 0.2) is 0 Å². The second-order valence-electron chi connectivity index (χ2n) is 7.33. The first-order chi connectivity index (χ1) is 14.0. The van der Waals surface area contributed by atoms with E-state index < -0.39 is 12.7 Å². The van der Waals surface area contributed by atoms with E-state index in [2.05, 4.69) is 78.6 Å². The number of cyclic esters (lactones) is 1. The van der Waals surface area contributed by atoms with Crippen LogP contribution in [0.3, 0.4) is 0 Å². The van der Waals surface area contributed by atoms with E-state index in [0.717, 1.165) is 0 Å². The molecule has 0 atom stereocenters. The van der Waals surface area contributed by atoms with Crippen molar-refractivity contribution in [1.29, 1.82) is 0 Å². The highest BCUT2D eigenvalue weighted by atomic mass is 31.2. The zero-order valence-corrected chi connectivity index (χ0v) is 17.4. The molecule has 0 unspecified atom stereocenters. The number of ether oxygens (including phenoxy) is 2. The Bertz CT molecular complexity index is 981. The van der Waals surface area contributed by atoms with Gasteiger partial charge in [-0.2, -0.15) is 0 Å². The van der Waals surface area contributed by atoms with Crippen molar-refractivity contribution in [1.82, 2.24) is 0 Å². The number of hydrogen-bond donors (Lipinski definition) is 0. The van der Waals surface area contributed by atoms with Crippen LogP contribution in [0.4, 0.5) is 0 Å². The quantitative estimate of drug-likeness (QED) is 0.489. The number of allylic oxidation sites excluding steroid dienone is 1. The third-order valence-electron chi connectivity index (χ3n) is 4.78. The molecule has 4 rings (SSSR count). The monoisotopic (exact) mass is 402 g/mol. The summed E-state index contributed by atoms with van der Waals surface area (Å²) in [7, 11) is 0. The molecule has 0 N–H and O–H groups in total. The number of rotatable bonds is 4. The van der Waals surface area contributed by atoms with Crippen LogP contribution >= 0.6 is 6.89 Å². The number of esters is 1. The topological polar surface area (TPSA) is 35.5 Å². The van der Waals surface area contributed by atoms with Crippen molar-refractivity contribution in [2.24, 2.45) is 0 Å². The molecule has 1 aliphatic rings. The standard InChI is InChI=1S/C25H23O3P/c1-25(2)27-20(18-24(26)28-25)19-29(21-12-6-3-7-13-21,22-14-8-4-9-15-22)23-16-10-5-11-17-23/h3-19H,1-2H3. The molecule has 1 aliphatic heterocycles. The van der Waals surface area contributed by atoms with E-state index in [-0.39, 0.29) is 5.97 Å². The van der Waals surface area contributed by atoms with Gasteiger partial charge in [-0.25, -0.2) is 4.79 Å². The number of carbonyl (C=O) groups excluding carboxylic acids is 1. The Hall–Kier alpha value is -3.03. The van der Waals surface area contributed by atoms with Crippen LogP contribution in [0.15, 0.2) is 103 Å². The van der Waals surface area contributed by atoms with Gasteiger partial charge in [0.25, 0.3) is 0 Å². The Morgan fingerprint density at radius 3 is 1.48 bits per heavy atom. The summed E-state index contributed by atoms with van der Waals surface area (Å²) in [5.74, 6) is 1.28. The van der Waals surface area contributed by atoms with E-state index in [9.17, 15) is 4.79 Å². The molecule has 0 radical (unpaired) electrons. The molecule has 4 heteroatoms. The molecule has 146 valence electrons. The number of hydrogen-bond acceptors (Lipinski definition) is 3. The molecule has 3 nitrogen and oxygen atoms in total. The molecule has 1 heterocycles. The summed E-state index contributed by atoms with van der Waals surface area (Å²) >= 11 is 0. The lowest BCUT2D eigenvalue weighted by Gasteiger charge is -2.33. The summed E-state index contributed by atoms with van der Waals surface area (Å²) in [6, 6.07) is 31.3. The van der Waals surface area contributed by atoms with Crippen LogP contribution in [0.2, 0.25) is 0 Å². The van der Waals surface area contributed by atoms with Gasteiger partial charge in [-0.3, -0.25) is 0 Å². The zero-order valence-electron chi connectivity index (χ0n) is 16.5. The average Bonchev–Trinajstić information content (AvgIpc) is 2.72. The lowest BCUT2D eigenvalue weighted by Crippen LogP contribution is -2.35. The molecular weight excluding hydrogens is 379 g/mol. The second kappa shape index (κ2) is 7.77. The van der Waals surface area contributed by atoms with Crippen molar-refractivity contribution >= 4 is 34.6 Å². The molecule has 3 aromatic rings. The summed E-state index contributed by atoms with van der Waals surface area (Å²) in [4.78, 5) is 12.2. The first-order valence-electron chi connectivity index (χ1n) is 9.55. The lowest BCUT2D eigenvalue weighted by atomic mass is 10.3. The Kier molecular flexibility index (Phi) is 5.17. The zero-order chi connectivity index (χ0) is 20.3. The molecule has 0 aromatic heterocycles. The maximum absolute atomic E-state index is 12.2. The predicted octanol–water partition coefficient (Wildman–Crippen LogP) is 3.98. The van der Waals surface area contributed by atoms with Crippen LogP contribution < -0.4 is 15.9 Å². The van der Waals surface area contributed by atoms with Gasteiger partial charge in [-0.1, -0.05) is 91.0 Å². The normalized spacial score (nSPS) is 15.7. The van der Waals surface area contributed by atoms with E-state index in [1.54, 1.807) is 13.8 Å². The molecule has 0 fully saturated rings. The van der Waals surface area contributed by atoms with E-state index in [0.29, 0.717) is 5.76 Å². The average molecular weight is 402 g/mol. The van der Waals surface area contributed by atoms with Gasteiger partial charge < -0.3 is 9.47 Å². The fourth-order valence-electron chi connectivity index (χ4n) is 3.64. The van der Waals surface area contributed by atoms with Crippen molar-refractivity contribution in [3.05, 3.63) is 103 Å². The summed E-state index contributed by atoms with van der Waals surface area (Å²) < 4.78 is 11.3. The third kappa shape index (κ3) is 3.92. The van der Waals surface area contributed by atoms with Gasteiger partial charge in [0.2, 0.25) is 5.79 Å². The molecule has 0 saturated heterocycles. The predicted molar refractivity (Wildman–Crippen MR) is 121 cm³/mol. The largest absolute Gasteiger partial charge is 0.452 e. The molecule has 29 heavy (non-hydrogen) atoms. The Morgan fingerprint density at radius 1 is 0.690 bits per heavy atom. The summed E-state index contributed by atoms with van der Waals surface area (Å²) in [5.41, 5.74) is 0. The molecule has 3 aromatic carbocycles. The SMILES string of the molecule is CC1(C)OC(=O)C=C(C=P(c2ccccc2)(c2ccccc2)c2ccccc2)O1. The van der Waals surface area contributed by atoms with Gasteiger partial charge in [0.1, 0.15) is 5.76 Å². The van der Waals surface area contributed by atoms with E-state index >= 15 is 0 Å². The number of carbonyl (C=O) groups is 1. The number of benzene rings is 3. The van der Waals surface area contributed by atoms with Crippen molar-refractivity contribution in [2.45, 2.75) is 19.6 Å². The highest BCUT2D eigenvalue weighted by Gasteiger charge is 2.32. The van der Waals surface area contributed by atoms with Gasteiger partial charge in [-0.15, -0.1) is 0 Å². The molecule has 0 bridgehead atoms. The minimum atomic E-state index is -2.23. The molecule has 0 saturated carbocycles. The Morgan fingerprint density at radius 2 is 1.10 bits per heavy atom. The van der Waals surface area contributed by atoms with Crippen LogP contribution in [-0.4, -0.2) is 17.6 Å². The first kappa shape index (κ1) is 19.3.